The van der Waals surface area contributed by atoms with Crippen molar-refractivity contribution in [3.63, 3.8) is 0 Å². The zero-order chi connectivity index (χ0) is 22.7. The van der Waals surface area contributed by atoms with Crippen molar-refractivity contribution in [2.24, 2.45) is 0 Å². The molecule has 0 amide bonds. The van der Waals surface area contributed by atoms with Crippen LogP contribution in [-0.2, 0) is 9.47 Å². The second kappa shape index (κ2) is 17.4. The van der Waals surface area contributed by atoms with Crippen molar-refractivity contribution in [2.75, 3.05) is 0 Å². The van der Waals surface area contributed by atoms with E-state index in [1.807, 2.05) is 39.8 Å². The molecule has 0 unspecified atom stereocenters. The van der Waals surface area contributed by atoms with Crippen molar-refractivity contribution in [1.29, 1.82) is 0 Å². The van der Waals surface area contributed by atoms with Crippen LogP contribution in [0, 0.1) is 0 Å². The lowest BCUT2D eigenvalue weighted by Crippen LogP contribution is -2.34. The molecular weight excluding hydrogens is 372 g/mol. The number of hydrogen-bond donors (Lipinski definition) is 0. The Balaban J connectivity index is 3.89. The number of rotatable bonds is 20. The summed E-state index contributed by atoms with van der Waals surface area (Å²) < 4.78 is 11.3. The molecule has 0 aromatic rings. The second-order valence-corrected chi connectivity index (χ2v) is 9.87. The summed E-state index contributed by atoms with van der Waals surface area (Å²) in [6.07, 6.45) is 22.1. The summed E-state index contributed by atoms with van der Waals surface area (Å²) >= 11 is 0. The summed E-state index contributed by atoms with van der Waals surface area (Å²) in [6.45, 7) is 15.5. The number of carbonyl (C=O) groups is 1. The molecule has 0 spiro atoms. The van der Waals surface area contributed by atoms with E-state index in [0.29, 0.717) is 0 Å². The van der Waals surface area contributed by atoms with Crippen molar-refractivity contribution < 1.29 is 14.3 Å². The predicted octanol–water partition coefficient (Wildman–Crippen LogP) is 9.31. The van der Waals surface area contributed by atoms with Crippen molar-refractivity contribution in [1.82, 2.24) is 0 Å². The fourth-order valence-electron chi connectivity index (χ4n) is 3.67. The third-order valence-corrected chi connectivity index (χ3v) is 5.59. The van der Waals surface area contributed by atoms with Gasteiger partial charge in [0.2, 0.25) is 0 Å². The minimum Gasteiger partial charge on any atom is -0.428 e. The third-order valence-electron chi connectivity index (χ3n) is 5.59. The van der Waals surface area contributed by atoms with Crippen LogP contribution in [0.25, 0.3) is 0 Å². The number of unbranched alkanes of at least 4 members (excludes halogenated alkanes) is 12. The Labute approximate surface area is 187 Å². The number of ether oxygens (including phenoxy) is 2. The van der Waals surface area contributed by atoms with Gasteiger partial charge in [0.05, 0.1) is 0 Å². The van der Waals surface area contributed by atoms with Crippen LogP contribution in [0.2, 0.25) is 0 Å². The first kappa shape index (κ1) is 28.8. The van der Waals surface area contributed by atoms with Gasteiger partial charge >= 0.3 is 6.16 Å². The first-order chi connectivity index (χ1) is 14.2. The van der Waals surface area contributed by atoms with Gasteiger partial charge in [0.25, 0.3) is 0 Å². The molecule has 0 atom stereocenters. The van der Waals surface area contributed by atoms with E-state index in [0.717, 1.165) is 38.5 Å². The van der Waals surface area contributed by atoms with E-state index in [9.17, 15) is 4.79 Å². The standard InChI is InChI=1S/C27H50O3/c1-7-9-11-13-15-17-19-21-23-26(3,4)29-25(28)30-27(5,6)24-22-20-18-16-14-12-10-8-2/h7-8H,1-2,9-24H2,3-6H3. The van der Waals surface area contributed by atoms with Crippen molar-refractivity contribution in [3.8, 4) is 0 Å². The highest BCUT2D eigenvalue weighted by Crippen LogP contribution is 2.24. The molecule has 30 heavy (non-hydrogen) atoms. The highest BCUT2D eigenvalue weighted by Gasteiger charge is 2.28. The molecule has 3 heteroatoms. The maximum atomic E-state index is 12.3. The molecule has 3 nitrogen and oxygen atoms in total. The Morgan fingerprint density at radius 3 is 1.23 bits per heavy atom. The van der Waals surface area contributed by atoms with Gasteiger partial charge in [-0.1, -0.05) is 63.5 Å². The Hall–Kier alpha value is -1.25. The SMILES string of the molecule is C=CCCCCCCCCC(C)(C)OC(=O)OC(C)(C)CCCCCCCCC=C. The summed E-state index contributed by atoms with van der Waals surface area (Å²) in [5.41, 5.74) is -0.942. The molecule has 0 fully saturated rings. The molecule has 0 bridgehead atoms. The maximum Gasteiger partial charge on any atom is 0.509 e. The largest absolute Gasteiger partial charge is 0.509 e. The molecule has 0 radical (unpaired) electrons. The molecule has 0 N–H and O–H groups in total. The highest BCUT2D eigenvalue weighted by atomic mass is 16.7. The van der Waals surface area contributed by atoms with Gasteiger partial charge in [-0.3, -0.25) is 0 Å². The fourth-order valence-corrected chi connectivity index (χ4v) is 3.67. The molecule has 0 aromatic carbocycles. The highest BCUT2D eigenvalue weighted by molar-refractivity contribution is 5.61. The lowest BCUT2D eigenvalue weighted by atomic mass is 9.99. The summed E-state index contributed by atoms with van der Waals surface area (Å²) in [6, 6.07) is 0. The maximum absolute atomic E-state index is 12.3. The number of hydrogen-bond acceptors (Lipinski definition) is 3. The van der Waals surface area contributed by atoms with Gasteiger partial charge in [-0.25, -0.2) is 4.79 Å². The van der Waals surface area contributed by atoms with Gasteiger partial charge < -0.3 is 9.47 Å². The fraction of sp³-hybridized carbons (Fsp3) is 0.815. The molecule has 0 aliphatic heterocycles. The van der Waals surface area contributed by atoms with Crippen LogP contribution in [0.3, 0.4) is 0 Å². The van der Waals surface area contributed by atoms with Crippen LogP contribution in [0.1, 0.15) is 130 Å². The average molecular weight is 423 g/mol. The first-order valence-corrected chi connectivity index (χ1v) is 12.4. The van der Waals surface area contributed by atoms with Gasteiger partial charge in [0, 0.05) is 0 Å². The molecule has 176 valence electrons. The summed E-state index contributed by atoms with van der Waals surface area (Å²) in [7, 11) is 0. The van der Waals surface area contributed by atoms with E-state index in [2.05, 4.69) is 13.2 Å². The van der Waals surface area contributed by atoms with Crippen molar-refractivity contribution in [3.05, 3.63) is 25.3 Å². The van der Waals surface area contributed by atoms with Crippen LogP contribution in [0.4, 0.5) is 4.79 Å². The van der Waals surface area contributed by atoms with Gasteiger partial charge in [-0.05, 0) is 79.1 Å². The van der Waals surface area contributed by atoms with Crippen molar-refractivity contribution in [2.45, 2.75) is 142 Å². The first-order valence-electron chi connectivity index (χ1n) is 12.4. The van der Waals surface area contributed by atoms with Crippen LogP contribution < -0.4 is 0 Å². The van der Waals surface area contributed by atoms with Crippen LogP contribution in [-0.4, -0.2) is 17.4 Å². The predicted molar refractivity (Wildman–Crippen MR) is 130 cm³/mol. The molecule has 0 saturated heterocycles. The smallest absolute Gasteiger partial charge is 0.428 e. The Morgan fingerprint density at radius 2 is 0.900 bits per heavy atom. The van der Waals surface area contributed by atoms with Gasteiger partial charge in [-0.15, -0.1) is 13.2 Å². The average Bonchev–Trinajstić information content (AvgIpc) is 2.65. The zero-order valence-electron chi connectivity index (χ0n) is 20.6. The molecule has 0 saturated carbocycles. The summed E-state index contributed by atoms with van der Waals surface area (Å²) in [5, 5.41) is 0. The van der Waals surface area contributed by atoms with E-state index in [4.69, 9.17) is 9.47 Å². The van der Waals surface area contributed by atoms with Gasteiger partial charge in [0.1, 0.15) is 11.2 Å². The monoisotopic (exact) mass is 422 g/mol. The normalized spacial score (nSPS) is 11.9. The minimum atomic E-state index is -0.529. The Kier molecular flexibility index (Phi) is 16.7. The van der Waals surface area contributed by atoms with E-state index in [-0.39, 0.29) is 0 Å². The van der Waals surface area contributed by atoms with Crippen molar-refractivity contribution >= 4 is 6.16 Å². The van der Waals surface area contributed by atoms with Crippen LogP contribution >= 0.6 is 0 Å². The molecule has 0 heterocycles. The summed E-state index contributed by atoms with van der Waals surface area (Å²) in [4.78, 5) is 12.3. The molecule has 0 rings (SSSR count). The number of allylic oxidation sites excluding steroid dienone is 2. The van der Waals surface area contributed by atoms with Crippen LogP contribution in [0.15, 0.2) is 25.3 Å². The van der Waals surface area contributed by atoms with E-state index >= 15 is 0 Å². The van der Waals surface area contributed by atoms with Gasteiger partial charge in [-0.2, -0.15) is 0 Å². The molecule has 0 aromatic heterocycles. The second-order valence-electron chi connectivity index (χ2n) is 9.87. The lowest BCUT2D eigenvalue weighted by Gasteiger charge is -2.29. The van der Waals surface area contributed by atoms with E-state index in [1.54, 1.807) is 0 Å². The Bertz CT molecular complexity index is 411. The zero-order valence-corrected chi connectivity index (χ0v) is 20.6. The molecular formula is C27H50O3. The quantitative estimate of drug-likeness (QED) is 0.111. The lowest BCUT2D eigenvalue weighted by molar-refractivity contribution is -0.0645. The topological polar surface area (TPSA) is 35.5 Å². The number of carbonyl (C=O) groups excluding carboxylic acids is 1. The summed E-state index contributed by atoms with van der Waals surface area (Å²) in [5.74, 6) is 0. The molecule has 0 aliphatic rings. The molecule has 0 aliphatic carbocycles. The van der Waals surface area contributed by atoms with Crippen LogP contribution in [0.5, 0.6) is 0 Å². The van der Waals surface area contributed by atoms with E-state index < -0.39 is 17.4 Å². The van der Waals surface area contributed by atoms with Gasteiger partial charge in [0.15, 0.2) is 0 Å². The third kappa shape index (κ3) is 18.8. The minimum absolute atomic E-state index is 0.471. The Morgan fingerprint density at radius 1 is 0.600 bits per heavy atom. The van der Waals surface area contributed by atoms with E-state index in [1.165, 1.54) is 64.2 Å².